The van der Waals surface area contributed by atoms with Crippen molar-refractivity contribution in [2.45, 2.75) is 34.1 Å². The van der Waals surface area contributed by atoms with Crippen LogP contribution in [0.25, 0.3) is 6.08 Å². The Balaban J connectivity index is 2.43. The van der Waals surface area contributed by atoms with Gasteiger partial charge in [0.2, 0.25) is 0 Å². The number of hydrogen-bond donors (Lipinski definition) is 0. The lowest BCUT2D eigenvalue weighted by Crippen LogP contribution is -2.13. The third-order valence-electron chi connectivity index (χ3n) is 4.51. The Morgan fingerprint density at radius 1 is 1.19 bits per heavy atom. The van der Waals surface area contributed by atoms with E-state index in [4.69, 9.17) is 0 Å². The third kappa shape index (κ3) is 6.23. The van der Waals surface area contributed by atoms with Crippen LogP contribution in [0.5, 0.6) is 0 Å². The highest BCUT2D eigenvalue weighted by Crippen LogP contribution is 2.22. The predicted octanol–water partition coefficient (Wildman–Crippen LogP) is 5.15. The van der Waals surface area contributed by atoms with Gasteiger partial charge in [-0.15, -0.1) is 0 Å². The van der Waals surface area contributed by atoms with Crippen molar-refractivity contribution in [1.82, 2.24) is 14.9 Å². The molecule has 0 bridgehead atoms. The van der Waals surface area contributed by atoms with Gasteiger partial charge in [0, 0.05) is 24.0 Å². The number of allylic oxidation sites excluding steroid dienone is 8. The molecule has 1 unspecified atom stereocenters. The van der Waals surface area contributed by atoms with Gasteiger partial charge in [0.25, 0.3) is 0 Å². The zero-order valence-electron chi connectivity index (χ0n) is 16.7. The normalized spacial score (nSPS) is 19.7. The summed E-state index contributed by atoms with van der Waals surface area (Å²) in [6.45, 7) is 10.6. The molecule has 1 aromatic rings. The molecule has 0 radical (unpaired) electrons. The van der Waals surface area contributed by atoms with E-state index in [-0.39, 0.29) is 0 Å². The van der Waals surface area contributed by atoms with Gasteiger partial charge < -0.3 is 4.90 Å². The van der Waals surface area contributed by atoms with Crippen LogP contribution in [0.1, 0.15) is 38.4 Å². The summed E-state index contributed by atoms with van der Waals surface area (Å²) < 4.78 is 0. The lowest BCUT2D eigenvalue weighted by Gasteiger charge is -2.08. The summed E-state index contributed by atoms with van der Waals surface area (Å²) >= 11 is 0. The zero-order chi connectivity index (χ0) is 18.9. The van der Waals surface area contributed by atoms with Gasteiger partial charge in [-0.25, -0.2) is 9.97 Å². The summed E-state index contributed by atoms with van der Waals surface area (Å²) in [7, 11) is 2.19. The largest absolute Gasteiger partial charge is 0.306 e. The maximum absolute atomic E-state index is 4.32. The number of aromatic nitrogens is 2. The lowest BCUT2D eigenvalue weighted by molar-refractivity contribution is 0.408. The monoisotopic (exact) mass is 349 g/mol. The summed E-state index contributed by atoms with van der Waals surface area (Å²) in [5.41, 5.74) is 5.72. The maximum atomic E-state index is 4.32. The van der Waals surface area contributed by atoms with Crippen LogP contribution in [0, 0.1) is 12.8 Å². The van der Waals surface area contributed by atoms with Crippen LogP contribution in [-0.2, 0) is 0 Å². The van der Waals surface area contributed by atoms with E-state index in [1.54, 1.807) is 6.33 Å². The van der Waals surface area contributed by atoms with E-state index >= 15 is 0 Å². The second-order valence-corrected chi connectivity index (χ2v) is 7.20. The van der Waals surface area contributed by atoms with Crippen LogP contribution < -0.4 is 0 Å². The molecule has 0 aliphatic carbocycles. The molecule has 0 N–H and O–H groups in total. The highest BCUT2D eigenvalue weighted by atomic mass is 15.1. The summed E-state index contributed by atoms with van der Waals surface area (Å²) in [4.78, 5) is 10.9. The number of rotatable bonds is 6. The van der Waals surface area contributed by atoms with E-state index in [0.29, 0.717) is 5.92 Å². The fourth-order valence-corrected chi connectivity index (χ4v) is 2.99. The quantitative estimate of drug-likeness (QED) is 0.666. The molecule has 1 aliphatic heterocycles. The van der Waals surface area contributed by atoms with Gasteiger partial charge in [-0.05, 0) is 70.8 Å². The molecule has 0 aromatic carbocycles. The first-order chi connectivity index (χ1) is 12.5. The standard InChI is InChI=1S/C23H31N3/c1-6-7-21(10-8-18(2)3)22(11-9-20-12-13-26(5)16-20)14-23-15-24-17-25-19(23)4/h6-11,14-15,17,20H,12-13,16H2,1-5H3/b7-6-,11-9+,21-10+,22-14-. The van der Waals surface area contributed by atoms with Gasteiger partial charge in [-0.1, -0.05) is 42.0 Å². The van der Waals surface area contributed by atoms with Crippen LogP contribution in [0.4, 0.5) is 0 Å². The van der Waals surface area contributed by atoms with E-state index in [2.05, 4.69) is 85.2 Å². The molecular formula is C23H31N3. The highest BCUT2D eigenvalue weighted by Gasteiger charge is 2.16. The van der Waals surface area contributed by atoms with E-state index < -0.39 is 0 Å². The van der Waals surface area contributed by atoms with Gasteiger partial charge in [0.05, 0.1) is 0 Å². The summed E-state index contributed by atoms with van der Waals surface area (Å²) in [5.74, 6) is 0.617. The Kier molecular flexibility index (Phi) is 7.73. The van der Waals surface area contributed by atoms with Crippen LogP contribution >= 0.6 is 0 Å². The van der Waals surface area contributed by atoms with Crippen molar-refractivity contribution in [2.24, 2.45) is 5.92 Å². The van der Waals surface area contributed by atoms with Crippen LogP contribution in [0.2, 0.25) is 0 Å². The van der Waals surface area contributed by atoms with Crippen molar-refractivity contribution < 1.29 is 0 Å². The molecule has 138 valence electrons. The van der Waals surface area contributed by atoms with Crippen LogP contribution in [-0.4, -0.2) is 35.0 Å². The van der Waals surface area contributed by atoms with Gasteiger partial charge in [0.15, 0.2) is 0 Å². The van der Waals surface area contributed by atoms with Crippen molar-refractivity contribution in [3.8, 4) is 0 Å². The Morgan fingerprint density at radius 2 is 2.00 bits per heavy atom. The number of aryl methyl sites for hydroxylation is 1. The number of nitrogens with zero attached hydrogens (tertiary/aromatic N) is 3. The Labute approximate surface area is 158 Å². The van der Waals surface area contributed by atoms with Crippen molar-refractivity contribution in [2.75, 3.05) is 20.1 Å². The Bertz CT molecular complexity index is 746. The maximum Gasteiger partial charge on any atom is 0.115 e. The molecule has 1 fully saturated rings. The minimum Gasteiger partial charge on any atom is -0.306 e. The predicted molar refractivity (Wildman–Crippen MR) is 112 cm³/mol. The molecule has 0 saturated carbocycles. The number of likely N-dealkylation sites (tertiary alicyclic amines) is 1. The second kappa shape index (κ2) is 10.0. The topological polar surface area (TPSA) is 29.0 Å². The van der Waals surface area contributed by atoms with Gasteiger partial charge in [-0.3, -0.25) is 0 Å². The van der Waals surface area contributed by atoms with E-state index in [1.807, 2.05) is 13.1 Å². The van der Waals surface area contributed by atoms with Gasteiger partial charge in [0.1, 0.15) is 6.33 Å². The smallest absolute Gasteiger partial charge is 0.115 e. The molecule has 3 nitrogen and oxygen atoms in total. The minimum atomic E-state index is 0.617. The van der Waals surface area contributed by atoms with Gasteiger partial charge >= 0.3 is 0 Å². The Morgan fingerprint density at radius 3 is 2.62 bits per heavy atom. The van der Waals surface area contributed by atoms with Crippen molar-refractivity contribution in [3.05, 3.63) is 77.0 Å². The fourth-order valence-electron chi connectivity index (χ4n) is 2.99. The molecule has 1 atom stereocenters. The first-order valence-electron chi connectivity index (χ1n) is 9.33. The van der Waals surface area contributed by atoms with E-state index in [1.165, 1.54) is 29.7 Å². The minimum absolute atomic E-state index is 0.617. The number of hydrogen-bond acceptors (Lipinski definition) is 3. The van der Waals surface area contributed by atoms with E-state index in [9.17, 15) is 0 Å². The fraction of sp³-hybridized carbons (Fsp3) is 0.391. The van der Waals surface area contributed by atoms with E-state index in [0.717, 1.165) is 17.8 Å². The van der Waals surface area contributed by atoms with Crippen molar-refractivity contribution in [3.63, 3.8) is 0 Å². The average molecular weight is 350 g/mol. The third-order valence-corrected chi connectivity index (χ3v) is 4.51. The average Bonchev–Trinajstić information content (AvgIpc) is 3.02. The summed E-state index contributed by atoms with van der Waals surface area (Å²) in [5, 5.41) is 0. The molecule has 26 heavy (non-hydrogen) atoms. The lowest BCUT2D eigenvalue weighted by atomic mass is 9.98. The second-order valence-electron chi connectivity index (χ2n) is 7.20. The zero-order valence-corrected chi connectivity index (χ0v) is 16.7. The molecule has 0 amide bonds. The molecule has 0 spiro atoms. The van der Waals surface area contributed by atoms with Crippen LogP contribution in [0.15, 0.2) is 65.7 Å². The van der Waals surface area contributed by atoms with Crippen LogP contribution in [0.3, 0.4) is 0 Å². The molecule has 1 aromatic heterocycles. The molecule has 2 rings (SSSR count). The molecule has 2 heterocycles. The van der Waals surface area contributed by atoms with Crippen molar-refractivity contribution >= 4 is 6.08 Å². The first kappa shape index (κ1) is 20.1. The van der Waals surface area contributed by atoms with Crippen molar-refractivity contribution in [1.29, 1.82) is 0 Å². The SMILES string of the molecule is C\C=C/C(=C\C=C(C)C)C(=C\c1cncnc1C)/C=C/C1CCN(C)C1. The highest BCUT2D eigenvalue weighted by molar-refractivity contribution is 5.65. The molecular weight excluding hydrogens is 318 g/mol. The van der Waals surface area contributed by atoms with Gasteiger partial charge in [-0.2, -0.15) is 0 Å². The summed E-state index contributed by atoms with van der Waals surface area (Å²) in [6, 6.07) is 0. The first-order valence-corrected chi connectivity index (χ1v) is 9.33. The molecule has 1 saturated heterocycles. The summed E-state index contributed by atoms with van der Waals surface area (Å²) in [6.07, 6.45) is 20.1. The molecule has 3 heteroatoms. The Hall–Kier alpha value is -2.26. The molecule has 1 aliphatic rings.